The van der Waals surface area contributed by atoms with Gasteiger partial charge in [0.15, 0.2) is 0 Å². The third kappa shape index (κ3) is 14.5. The largest absolute Gasteiger partial charge is 0.376 e. The van der Waals surface area contributed by atoms with Crippen molar-refractivity contribution in [2.24, 2.45) is 11.5 Å². The lowest BCUT2D eigenvalue weighted by Gasteiger charge is -2.34. The van der Waals surface area contributed by atoms with Crippen LogP contribution in [0.1, 0.15) is 118 Å². The molecule has 4 atom stereocenters. The summed E-state index contributed by atoms with van der Waals surface area (Å²) in [6, 6.07) is 0. The van der Waals surface area contributed by atoms with Gasteiger partial charge in [0.25, 0.3) is 0 Å². The second kappa shape index (κ2) is 14.7. The van der Waals surface area contributed by atoms with Crippen LogP contribution < -0.4 is 11.5 Å². The zero-order chi connectivity index (χ0) is 20.8. The van der Waals surface area contributed by atoms with Crippen molar-refractivity contribution in [3.8, 4) is 0 Å². The summed E-state index contributed by atoms with van der Waals surface area (Å²) in [7, 11) is 0. The van der Waals surface area contributed by atoms with Crippen LogP contribution in [0.2, 0.25) is 0 Å². The average Bonchev–Trinajstić information content (AvgIpc) is 2.60. The molecule has 5 nitrogen and oxygen atoms in total. The Balaban J connectivity index is 4.99. The minimum atomic E-state index is -1.19. The molecule has 0 aliphatic heterocycles. The zero-order valence-electron chi connectivity index (χ0n) is 18.5. The first kappa shape index (κ1) is 26.8. The zero-order valence-corrected chi connectivity index (χ0v) is 18.5. The van der Waals surface area contributed by atoms with Gasteiger partial charge >= 0.3 is 0 Å². The van der Waals surface area contributed by atoms with Crippen LogP contribution in [0.25, 0.3) is 0 Å². The highest BCUT2D eigenvalue weighted by atomic mass is 16.5. The number of hydrogen-bond donors (Lipinski definition) is 4. The molecule has 0 spiro atoms. The molecule has 4 unspecified atom stereocenters. The van der Waals surface area contributed by atoms with E-state index in [9.17, 15) is 10.2 Å². The molecule has 0 rings (SSSR count). The molecule has 5 heteroatoms. The van der Waals surface area contributed by atoms with Gasteiger partial charge in [0.1, 0.15) is 11.4 Å². The number of ether oxygens (including phenoxy) is 1. The maximum Gasteiger partial charge on any atom is 0.116 e. The minimum absolute atomic E-state index is 0.0966. The van der Waals surface area contributed by atoms with Gasteiger partial charge in [-0.25, -0.2) is 0 Å². The van der Waals surface area contributed by atoms with Gasteiger partial charge in [-0.3, -0.25) is 0 Å². The van der Waals surface area contributed by atoms with Crippen LogP contribution in [-0.4, -0.2) is 33.9 Å². The first-order valence-electron chi connectivity index (χ1n) is 11.4. The first-order chi connectivity index (χ1) is 12.7. The summed E-state index contributed by atoms with van der Waals surface area (Å²) in [6.45, 7) is 8.50. The molecule has 0 aromatic rings. The van der Waals surface area contributed by atoms with E-state index < -0.39 is 11.4 Å². The van der Waals surface area contributed by atoms with Crippen molar-refractivity contribution < 1.29 is 14.9 Å². The first-order valence-corrected chi connectivity index (χ1v) is 11.4. The van der Waals surface area contributed by atoms with Crippen molar-refractivity contribution in [1.29, 1.82) is 0 Å². The molecule has 0 heterocycles. The van der Waals surface area contributed by atoms with Gasteiger partial charge in [0.05, 0.1) is 12.2 Å². The minimum Gasteiger partial charge on any atom is -0.376 e. The van der Waals surface area contributed by atoms with Crippen molar-refractivity contribution in [2.45, 2.75) is 141 Å². The number of aliphatic hydroxyl groups is 2. The van der Waals surface area contributed by atoms with Crippen LogP contribution in [0.4, 0.5) is 0 Å². The lowest BCUT2D eigenvalue weighted by Crippen LogP contribution is -2.46. The lowest BCUT2D eigenvalue weighted by atomic mass is 9.94. The van der Waals surface area contributed by atoms with E-state index in [2.05, 4.69) is 27.7 Å². The summed E-state index contributed by atoms with van der Waals surface area (Å²) in [5.41, 5.74) is 9.91. The monoisotopic (exact) mass is 388 g/mol. The standard InChI is InChI=1S/C22H48N2O3/c1-5-9-13-19(17-21(23,25)15-11-7-3)27-20(14-10-6-2)18-22(24,26)16-12-8-4/h19-20,25-26H,5-18,23-24H2,1-4H3. The van der Waals surface area contributed by atoms with Gasteiger partial charge in [-0.15, -0.1) is 0 Å². The fourth-order valence-electron chi connectivity index (χ4n) is 3.53. The SMILES string of the molecule is CCCCC(CC(N)(O)CCCC)OC(CCCC)CC(N)(O)CCCC. The second-order valence-corrected chi connectivity index (χ2v) is 8.49. The Labute approximate surface area is 168 Å². The summed E-state index contributed by atoms with van der Waals surface area (Å²) >= 11 is 0. The van der Waals surface area contributed by atoms with E-state index in [1.165, 1.54) is 0 Å². The van der Waals surface area contributed by atoms with E-state index in [0.29, 0.717) is 25.7 Å². The lowest BCUT2D eigenvalue weighted by molar-refractivity contribution is -0.102. The third-order valence-corrected chi connectivity index (χ3v) is 5.23. The van der Waals surface area contributed by atoms with Crippen molar-refractivity contribution in [3.05, 3.63) is 0 Å². The molecule has 0 saturated carbocycles. The fourth-order valence-corrected chi connectivity index (χ4v) is 3.53. The van der Waals surface area contributed by atoms with Crippen molar-refractivity contribution in [3.63, 3.8) is 0 Å². The molecular formula is C22H48N2O3. The fraction of sp³-hybridized carbons (Fsp3) is 1.00. The molecule has 0 aliphatic carbocycles. The molecule has 27 heavy (non-hydrogen) atoms. The summed E-state index contributed by atoms with van der Waals surface area (Å²) in [5.74, 6) is 0. The number of hydrogen-bond acceptors (Lipinski definition) is 5. The van der Waals surface area contributed by atoms with Gasteiger partial charge in [0, 0.05) is 12.8 Å². The van der Waals surface area contributed by atoms with E-state index in [1.807, 2.05) is 0 Å². The van der Waals surface area contributed by atoms with Crippen LogP contribution in [-0.2, 0) is 4.74 Å². The molecule has 0 radical (unpaired) electrons. The van der Waals surface area contributed by atoms with Crippen LogP contribution in [0, 0.1) is 0 Å². The maximum absolute atomic E-state index is 10.6. The maximum atomic E-state index is 10.6. The Morgan fingerprint density at radius 2 is 1.00 bits per heavy atom. The molecule has 0 aromatic heterocycles. The molecule has 0 saturated heterocycles. The van der Waals surface area contributed by atoms with Gasteiger partial charge < -0.3 is 26.4 Å². The normalized spacial score (nSPS) is 18.7. The molecule has 0 fully saturated rings. The van der Waals surface area contributed by atoms with Crippen molar-refractivity contribution >= 4 is 0 Å². The summed E-state index contributed by atoms with van der Waals surface area (Å²) in [6.07, 6.45) is 11.7. The van der Waals surface area contributed by atoms with Gasteiger partial charge in [-0.2, -0.15) is 0 Å². The predicted molar refractivity (Wildman–Crippen MR) is 114 cm³/mol. The molecular weight excluding hydrogens is 340 g/mol. The van der Waals surface area contributed by atoms with Crippen molar-refractivity contribution in [2.75, 3.05) is 0 Å². The number of rotatable bonds is 18. The van der Waals surface area contributed by atoms with Crippen LogP contribution >= 0.6 is 0 Å². The Bertz CT molecular complexity index is 316. The van der Waals surface area contributed by atoms with Crippen LogP contribution in [0.15, 0.2) is 0 Å². The molecule has 0 aromatic carbocycles. The third-order valence-electron chi connectivity index (χ3n) is 5.23. The Hall–Kier alpha value is -0.200. The molecule has 0 aliphatic rings. The van der Waals surface area contributed by atoms with Gasteiger partial charge in [-0.1, -0.05) is 66.2 Å². The molecule has 6 N–H and O–H groups in total. The van der Waals surface area contributed by atoms with Gasteiger partial charge in [0.2, 0.25) is 0 Å². The van der Waals surface area contributed by atoms with E-state index >= 15 is 0 Å². The highest BCUT2D eigenvalue weighted by molar-refractivity contribution is 4.80. The molecule has 164 valence electrons. The summed E-state index contributed by atoms with van der Waals surface area (Å²) in [5, 5.41) is 21.2. The van der Waals surface area contributed by atoms with E-state index in [1.54, 1.807) is 0 Å². The smallest absolute Gasteiger partial charge is 0.116 e. The van der Waals surface area contributed by atoms with E-state index in [-0.39, 0.29) is 12.2 Å². The predicted octanol–water partition coefficient (Wildman–Crippen LogP) is 4.58. The van der Waals surface area contributed by atoms with Crippen LogP contribution in [0.3, 0.4) is 0 Å². The van der Waals surface area contributed by atoms with Crippen LogP contribution in [0.5, 0.6) is 0 Å². The average molecular weight is 389 g/mol. The highest BCUT2D eigenvalue weighted by Crippen LogP contribution is 2.26. The molecule has 0 amide bonds. The second-order valence-electron chi connectivity index (χ2n) is 8.49. The van der Waals surface area contributed by atoms with Gasteiger partial charge in [-0.05, 0) is 38.5 Å². The Morgan fingerprint density at radius 3 is 1.30 bits per heavy atom. The highest BCUT2D eigenvalue weighted by Gasteiger charge is 2.31. The number of nitrogens with two attached hydrogens (primary N) is 2. The summed E-state index contributed by atoms with van der Waals surface area (Å²) in [4.78, 5) is 0. The van der Waals surface area contributed by atoms with E-state index in [0.717, 1.165) is 64.2 Å². The quantitative estimate of drug-likeness (QED) is 0.258. The Morgan fingerprint density at radius 1 is 0.667 bits per heavy atom. The Kier molecular flexibility index (Phi) is 14.6. The summed E-state index contributed by atoms with van der Waals surface area (Å²) < 4.78 is 6.41. The van der Waals surface area contributed by atoms with Crippen molar-refractivity contribution in [1.82, 2.24) is 0 Å². The topological polar surface area (TPSA) is 102 Å². The number of unbranched alkanes of at least 4 members (excludes halogenated alkanes) is 4. The molecule has 0 bridgehead atoms. The van der Waals surface area contributed by atoms with E-state index in [4.69, 9.17) is 16.2 Å².